The third-order valence-electron chi connectivity index (χ3n) is 1.47. The average Bonchev–Trinajstić information content (AvgIpc) is 2.09. The molecule has 0 amide bonds. The molecule has 0 aliphatic rings. The van der Waals surface area contributed by atoms with Gasteiger partial charge < -0.3 is 10.5 Å². The lowest BCUT2D eigenvalue weighted by Gasteiger charge is -2.04. The summed E-state index contributed by atoms with van der Waals surface area (Å²) < 4.78 is 17.8. The first-order valence-corrected chi connectivity index (χ1v) is 3.22. The van der Waals surface area contributed by atoms with E-state index in [1.165, 1.54) is 19.2 Å². The van der Waals surface area contributed by atoms with Crippen LogP contribution in [0.4, 0.5) is 10.1 Å². The molecule has 4 heteroatoms. The van der Waals surface area contributed by atoms with E-state index in [9.17, 15) is 4.39 Å². The van der Waals surface area contributed by atoms with Gasteiger partial charge in [0.25, 0.3) is 0 Å². The van der Waals surface area contributed by atoms with Crippen LogP contribution in [-0.2, 0) is 0 Å². The minimum atomic E-state index is -0.725. The number of nitrogens with two attached hydrogens (primary N) is 1. The van der Waals surface area contributed by atoms with Gasteiger partial charge in [-0.25, -0.2) is 4.39 Å². The van der Waals surface area contributed by atoms with Crippen LogP contribution in [0.5, 0.6) is 5.75 Å². The number of nitriles is 1. The number of nitrogens with zero attached hydrogens (tertiary/aromatic N) is 1. The second kappa shape index (κ2) is 3.09. The van der Waals surface area contributed by atoms with Crippen molar-refractivity contribution in [3.63, 3.8) is 0 Å². The van der Waals surface area contributed by atoms with Crippen molar-refractivity contribution in [2.24, 2.45) is 0 Å². The monoisotopic (exact) mass is 166 g/mol. The van der Waals surface area contributed by atoms with E-state index in [0.29, 0.717) is 0 Å². The van der Waals surface area contributed by atoms with E-state index in [0.717, 1.165) is 0 Å². The summed E-state index contributed by atoms with van der Waals surface area (Å²) >= 11 is 0. The molecular weight excluding hydrogens is 159 g/mol. The zero-order valence-electron chi connectivity index (χ0n) is 6.47. The third kappa shape index (κ3) is 1.17. The maximum atomic E-state index is 13.0. The zero-order chi connectivity index (χ0) is 9.14. The topological polar surface area (TPSA) is 59.0 Å². The first-order valence-electron chi connectivity index (χ1n) is 3.22. The molecule has 2 N–H and O–H groups in total. The Bertz CT molecular complexity index is 344. The van der Waals surface area contributed by atoms with Crippen LogP contribution in [0.15, 0.2) is 12.1 Å². The number of anilines is 1. The number of nitrogen functional groups attached to an aromatic ring is 1. The highest BCUT2D eigenvalue weighted by molar-refractivity contribution is 5.54. The van der Waals surface area contributed by atoms with Gasteiger partial charge in [0.05, 0.1) is 12.8 Å². The maximum Gasteiger partial charge on any atom is 0.167 e. The van der Waals surface area contributed by atoms with Gasteiger partial charge in [0.2, 0.25) is 0 Å². The Hall–Kier alpha value is -1.76. The normalized spacial score (nSPS) is 9.08. The fourth-order valence-corrected chi connectivity index (χ4v) is 0.849. The molecule has 0 heterocycles. The molecular formula is C8H7FN2O. The minimum absolute atomic E-state index is 0.0487. The van der Waals surface area contributed by atoms with Gasteiger partial charge in [-0.15, -0.1) is 0 Å². The van der Waals surface area contributed by atoms with Crippen LogP contribution in [0.3, 0.4) is 0 Å². The second-order valence-corrected chi connectivity index (χ2v) is 2.16. The molecule has 1 aromatic carbocycles. The molecule has 0 aliphatic carbocycles. The molecule has 0 spiro atoms. The average molecular weight is 166 g/mol. The predicted molar refractivity (Wildman–Crippen MR) is 42.1 cm³/mol. The van der Waals surface area contributed by atoms with Crippen LogP contribution < -0.4 is 10.5 Å². The number of halogens is 1. The van der Waals surface area contributed by atoms with Crippen LogP contribution in [-0.4, -0.2) is 7.11 Å². The maximum absolute atomic E-state index is 13.0. The van der Waals surface area contributed by atoms with E-state index in [1.54, 1.807) is 6.07 Å². The van der Waals surface area contributed by atoms with Crippen LogP contribution >= 0.6 is 0 Å². The SMILES string of the molecule is COc1ccc(N)c(F)c1C#N. The Morgan fingerprint density at radius 3 is 2.75 bits per heavy atom. The Kier molecular flexibility index (Phi) is 2.15. The molecule has 0 fully saturated rings. The molecule has 0 saturated heterocycles. The van der Waals surface area contributed by atoms with Gasteiger partial charge in [0, 0.05) is 0 Å². The number of hydrogen-bond donors (Lipinski definition) is 1. The molecule has 0 saturated carbocycles. The molecule has 0 aromatic heterocycles. The Labute approximate surface area is 69.2 Å². The van der Waals surface area contributed by atoms with E-state index in [1.807, 2.05) is 0 Å². The van der Waals surface area contributed by atoms with E-state index < -0.39 is 5.82 Å². The lowest BCUT2D eigenvalue weighted by molar-refractivity contribution is 0.410. The van der Waals surface area contributed by atoms with Gasteiger partial charge in [0.1, 0.15) is 17.4 Å². The van der Waals surface area contributed by atoms with E-state index in [-0.39, 0.29) is 17.0 Å². The molecule has 12 heavy (non-hydrogen) atoms. The first kappa shape index (κ1) is 8.34. The van der Waals surface area contributed by atoms with Crippen LogP contribution in [0.2, 0.25) is 0 Å². The summed E-state index contributed by atoms with van der Waals surface area (Å²) in [6.45, 7) is 0. The van der Waals surface area contributed by atoms with Gasteiger partial charge in [-0.2, -0.15) is 5.26 Å². The van der Waals surface area contributed by atoms with Crippen LogP contribution in [0, 0.1) is 17.1 Å². The Balaban J connectivity index is 3.38. The molecule has 0 unspecified atom stereocenters. The highest BCUT2D eigenvalue weighted by Gasteiger charge is 2.10. The van der Waals surface area contributed by atoms with Gasteiger partial charge in [-0.3, -0.25) is 0 Å². The smallest absolute Gasteiger partial charge is 0.167 e. The molecule has 3 nitrogen and oxygen atoms in total. The third-order valence-corrected chi connectivity index (χ3v) is 1.47. The number of benzene rings is 1. The van der Waals surface area contributed by atoms with Gasteiger partial charge >= 0.3 is 0 Å². The quantitative estimate of drug-likeness (QED) is 0.639. The number of rotatable bonds is 1. The second-order valence-electron chi connectivity index (χ2n) is 2.16. The fraction of sp³-hybridized carbons (Fsp3) is 0.125. The summed E-state index contributed by atoms with van der Waals surface area (Å²) in [5, 5.41) is 8.53. The van der Waals surface area contributed by atoms with Crippen molar-refractivity contribution in [2.45, 2.75) is 0 Å². The minimum Gasteiger partial charge on any atom is -0.495 e. The number of hydrogen-bond acceptors (Lipinski definition) is 3. The van der Waals surface area contributed by atoms with Crippen molar-refractivity contribution in [1.82, 2.24) is 0 Å². The zero-order valence-corrected chi connectivity index (χ0v) is 6.47. The summed E-state index contributed by atoms with van der Waals surface area (Å²) in [6, 6.07) is 4.49. The largest absolute Gasteiger partial charge is 0.495 e. The lowest BCUT2D eigenvalue weighted by Crippen LogP contribution is -1.97. The van der Waals surface area contributed by atoms with Gasteiger partial charge in [0.15, 0.2) is 5.82 Å². The Morgan fingerprint density at radius 2 is 2.25 bits per heavy atom. The summed E-state index contributed by atoms with van der Waals surface area (Å²) in [4.78, 5) is 0. The lowest BCUT2D eigenvalue weighted by atomic mass is 10.2. The van der Waals surface area contributed by atoms with Crippen molar-refractivity contribution >= 4 is 5.69 Å². The molecule has 0 bridgehead atoms. The summed E-state index contributed by atoms with van der Waals surface area (Å²) in [5.41, 5.74) is 5.03. The summed E-state index contributed by atoms with van der Waals surface area (Å²) in [6.07, 6.45) is 0. The van der Waals surface area contributed by atoms with Crippen molar-refractivity contribution in [3.05, 3.63) is 23.5 Å². The molecule has 62 valence electrons. The molecule has 1 rings (SSSR count). The highest BCUT2D eigenvalue weighted by Crippen LogP contribution is 2.24. The first-order chi connectivity index (χ1) is 5.70. The van der Waals surface area contributed by atoms with Gasteiger partial charge in [-0.05, 0) is 12.1 Å². The molecule has 0 atom stereocenters. The number of methoxy groups -OCH3 is 1. The van der Waals surface area contributed by atoms with Crippen LogP contribution in [0.1, 0.15) is 5.56 Å². The fourth-order valence-electron chi connectivity index (χ4n) is 0.849. The van der Waals surface area contributed by atoms with Crippen molar-refractivity contribution < 1.29 is 9.13 Å². The number of ether oxygens (including phenoxy) is 1. The Morgan fingerprint density at radius 1 is 1.58 bits per heavy atom. The molecule has 1 aromatic rings. The highest BCUT2D eigenvalue weighted by atomic mass is 19.1. The van der Waals surface area contributed by atoms with E-state index in [4.69, 9.17) is 15.7 Å². The van der Waals surface area contributed by atoms with E-state index >= 15 is 0 Å². The van der Waals surface area contributed by atoms with Gasteiger partial charge in [-0.1, -0.05) is 0 Å². The molecule has 0 radical (unpaired) electrons. The van der Waals surface area contributed by atoms with Crippen LogP contribution in [0.25, 0.3) is 0 Å². The van der Waals surface area contributed by atoms with E-state index in [2.05, 4.69) is 0 Å². The summed E-state index contributed by atoms with van der Waals surface area (Å²) in [7, 11) is 1.37. The van der Waals surface area contributed by atoms with Crippen molar-refractivity contribution in [3.8, 4) is 11.8 Å². The van der Waals surface area contributed by atoms with Crippen molar-refractivity contribution in [1.29, 1.82) is 5.26 Å². The summed E-state index contributed by atoms with van der Waals surface area (Å²) in [5.74, 6) is -0.527. The molecule has 0 aliphatic heterocycles. The standard InChI is InChI=1S/C8H7FN2O/c1-12-7-3-2-6(11)8(9)5(7)4-10/h2-3H,11H2,1H3. The predicted octanol–water partition coefficient (Wildman–Crippen LogP) is 1.29. The van der Waals surface area contributed by atoms with Crippen molar-refractivity contribution in [2.75, 3.05) is 12.8 Å².